The SMILES string of the molecule is Nc1cncc(-c2ccc(=O)[nH]c2)c1. The van der Waals surface area contributed by atoms with Crippen molar-refractivity contribution >= 4 is 5.69 Å². The monoisotopic (exact) mass is 187 g/mol. The third kappa shape index (κ3) is 1.64. The molecule has 0 radical (unpaired) electrons. The van der Waals surface area contributed by atoms with Crippen LogP contribution in [0.2, 0.25) is 0 Å². The van der Waals surface area contributed by atoms with Gasteiger partial charge in [0.1, 0.15) is 0 Å². The number of nitrogens with zero attached hydrogens (tertiary/aromatic N) is 1. The summed E-state index contributed by atoms with van der Waals surface area (Å²) in [7, 11) is 0. The summed E-state index contributed by atoms with van der Waals surface area (Å²) in [5.74, 6) is 0. The number of rotatable bonds is 1. The average molecular weight is 187 g/mol. The molecule has 0 atom stereocenters. The Labute approximate surface area is 80.4 Å². The molecule has 2 heterocycles. The van der Waals surface area contributed by atoms with Crippen molar-refractivity contribution in [3.8, 4) is 11.1 Å². The minimum atomic E-state index is -0.120. The standard InChI is InChI=1S/C10H9N3O/c11-9-3-8(4-12-6-9)7-1-2-10(14)13-5-7/h1-6H,11H2,(H,13,14). The summed E-state index contributed by atoms with van der Waals surface area (Å²) in [6, 6.07) is 5.01. The van der Waals surface area contributed by atoms with Crippen molar-refractivity contribution in [3.05, 3.63) is 47.1 Å². The van der Waals surface area contributed by atoms with Gasteiger partial charge in [-0.1, -0.05) is 0 Å². The molecule has 14 heavy (non-hydrogen) atoms. The normalized spacial score (nSPS) is 10.0. The van der Waals surface area contributed by atoms with Gasteiger partial charge in [-0.25, -0.2) is 0 Å². The highest BCUT2D eigenvalue weighted by Crippen LogP contribution is 2.17. The van der Waals surface area contributed by atoms with Crippen molar-refractivity contribution in [1.82, 2.24) is 9.97 Å². The smallest absolute Gasteiger partial charge is 0.247 e. The Morgan fingerprint density at radius 1 is 1.21 bits per heavy atom. The number of nitrogens with one attached hydrogen (secondary N) is 1. The van der Waals surface area contributed by atoms with Gasteiger partial charge in [0.05, 0.1) is 5.69 Å². The van der Waals surface area contributed by atoms with E-state index in [4.69, 9.17) is 5.73 Å². The van der Waals surface area contributed by atoms with Gasteiger partial charge in [-0.15, -0.1) is 0 Å². The van der Waals surface area contributed by atoms with E-state index < -0.39 is 0 Å². The van der Waals surface area contributed by atoms with Crippen LogP contribution in [0.25, 0.3) is 11.1 Å². The highest BCUT2D eigenvalue weighted by atomic mass is 16.1. The number of pyridine rings is 2. The van der Waals surface area contributed by atoms with Gasteiger partial charge < -0.3 is 10.7 Å². The number of aromatic nitrogens is 2. The molecule has 0 saturated carbocycles. The zero-order valence-electron chi connectivity index (χ0n) is 7.40. The summed E-state index contributed by atoms with van der Waals surface area (Å²) < 4.78 is 0. The minimum absolute atomic E-state index is 0.120. The van der Waals surface area contributed by atoms with Crippen molar-refractivity contribution in [1.29, 1.82) is 0 Å². The lowest BCUT2D eigenvalue weighted by molar-refractivity contribution is 1.23. The molecule has 2 aromatic rings. The second-order valence-corrected chi connectivity index (χ2v) is 2.95. The first kappa shape index (κ1) is 8.50. The minimum Gasteiger partial charge on any atom is -0.397 e. The second kappa shape index (κ2) is 3.33. The van der Waals surface area contributed by atoms with Crippen molar-refractivity contribution in [2.75, 3.05) is 5.73 Å². The molecule has 4 heteroatoms. The van der Waals surface area contributed by atoms with Gasteiger partial charge in [0, 0.05) is 30.2 Å². The molecule has 2 aromatic heterocycles. The zero-order valence-corrected chi connectivity index (χ0v) is 7.40. The molecule has 0 aliphatic rings. The van der Waals surface area contributed by atoms with Crippen LogP contribution in [0.15, 0.2) is 41.6 Å². The lowest BCUT2D eigenvalue weighted by Crippen LogP contribution is -2.01. The highest BCUT2D eigenvalue weighted by Gasteiger charge is 1.97. The average Bonchev–Trinajstić information content (AvgIpc) is 2.19. The molecule has 0 unspecified atom stereocenters. The molecule has 2 rings (SSSR count). The van der Waals surface area contributed by atoms with Crippen LogP contribution in [0.3, 0.4) is 0 Å². The van der Waals surface area contributed by atoms with Gasteiger partial charge in [-0.3, -0.25) is 9.78 Å². The van der Waals surface area contributed by atoms with Gasteiger partial charge in [0.2, 0.25) is 5.56 Å². The van der Waals surface area contributed by atoms with Gasteiger partial charge in [-0.2, -0.15) is 0 Å². The van der Waals surface area contributed by atoms with Crippen LogP contribution in [-0.4, -0.2) is 9.97 Å². The lowest BCUT2D eigenvalue weighted by atomic mass is 10.1. The fraction of sp³-hybridized carbons (Fsp3) is 0. The molecule has 0 bridgehead atoms. The predicted octanol–water partition coefficient (Wildman–Crippen LogP) is 1.02. The summed E-state index contributed by atoms with van der Waals surface area (Å²) in [6.07, 6.45) is 4.91. The quantitative estimate of drug-likeness (QED) is 0.700. The molecule has 0 spiro atoms. The van der Waals surface area contributed by atoms with Gasteiger partial charge >= 0.3 is 0 Å². The summed E-state index contributed by atoms with van der Waals surface area (Å²) >= 11 is 0. The maximum atomic E-state index is 10.8. The number of nitrogens with two attached hydrogens (primary N) is 1. The Hall–Kier alpha value is -2.10. The molecule has 0 aromatic carbocycles. The first-order valence-corrected chi connectivity index (χ1v) is 4.15. The van der Waals surface area contributed by atoms with Gasteiger partial charge in [-0.05, 0) is 17.7 Å². The van der Waals surface area contributed by atoms with Crippen LogP contribution in [-0.2, 0) is 0 Å². The third-order valence-electron chi connectivity index (χ3n) is 1.88. The van der Waals surface area contributed by atoms with E-state index in [0.29, 0.717) is 5.69 Å². The van der Waals surface area contributed by atoms with Crippen molar-refractivity contribution in [2.24, 2.45) is 0 Å². The van der Waals surface area contributed by atoms with E-state index >= 15 is 0 Å². The topological polar surface area (TPSA) is 71.8 Å². The molecule has 3 N–H and O–H groups in total. The summed E-state index contributed by atoms with van der Waals surface area (Å²) in [5, 5.41) is 0. The van der Waals surface area contributed by atoms with E-state index in [1.165, 1.54) is 6.07 Å². The van der Waals surface area contributed by atoms with E-state index in [-0.39, 0.29) is 5.56 Å². The summed E-state index contributed by atoms with van der Waals surface area (Å²) in [5.41, 5.74) is 7.86. The highest BCUT2D eigenvalue weighted by molar-refractivity contribution is 5.64. The number of hydrogen-bond acceptors (Lipinski definition) is 3. The Kier molecular flexibility index (Phi) is 2.02. The lowest BCUT2D eigenvalue weighted by Gasteiger charge is -2.00. The predicted molar refractivity (Wildman–Crippen MR) is 54.7 cm³/mol. The van der Waals surface area contributed by atoms with E-state index in [1.54, 1.807) is 30.7 Å². The maximum Gasteiger partial charge on any atom is 0.247 e. The second-order valence-electron chi connectivity index (χ2n) is 2.95. The number of anilines is 1. The molecular formula is C10H9N3O. The number of H-pyrrole nitrogens is 1. The van der Waals surface area contributed by atoms with E-state index in [0.717, 1.165) is 11.1 Å². The summed E-state index contributed by atoms with van der Waals surface area (Å²) in [4.78, 5) is 17.4. The van der Waals surface area contributed by atoms with E-state index in [1.807, 2.05) is 0 Å². The Morgan fingerprint density at radius 2 is 2.07 bits per heavy atom. The molecule has 0 amide bonds. The van der Waals surface area contributed by atoms with Crippen molar-refractivity contribution in [3.63, 3.8) is 0 Å². The van der Waals surface area contributed by atoms with Gasteiger partial charge in [0.15, 0.2) is 0 Å². The number of aromatic amines is 1. The van der Waals surface area contributed by atoms with Crippen LogP contribution in [0, 0.1) is 0 Å². The van der Waals surface area contributed by atoms with Gasteiger partial charge in [0.25, 0.3) is 0 Å². The molecule has 0 aliphatic carbocycles. The fourth-order valence-electron chi connectivity index (χ4n) is 1.21. The molecule has 0 saturated heterocycles. The molecule has 0 fully saturated rings. The third-order valence-corrected chi connectivity index (χ3v) is 1.88. The Balaban J connectivity index is 2.49. The van der Waals surface area contributed by atoms with Crippen molar-refractivity contribution < 1.29 is 0 Å². The van der Waals surface area contributed by atoms with Crippen molar-refractivity contribution in [2.45, 2.75) is 0 Å². The number of hydrogen-bond donors (Lipinski definition) is 2. The van der Waals surface area contributed by atoms with Crippen LogP contribution in [0.1, 0.15) is 0 Å². The zero-order chi connectivity index (χ0) is 9.97. The largest absolute Gasteiger partial charge is 0.397 e. The molecular weight excluding hydrogens is 178 g/mol. The fourth-order valence-corrected chi connectivity index (χ4v) is 1.21. The Bertz CT molecular complexity index is 484. The van der Waals surface area contributed by atoms with E-state index in [9.17, 15) is 4.79 Å². The first-order chi connectivity index (χ1) is 6.75. The van der Waals surface area contributed by atoms with Crippen LogP contribution in [0.5, 0.6) is 0 Å². The van der Waals surface area contributed by atoms with E-state index in [2.05, 4.69) is 9.97 Å². The Morgan fingerprint density at radius 3 is 2.71 bits per heavy atom. The molecule has 70 valence electrons. The van der Waals surface area contributed by atoms with Crippen LogP contribution >= 0.6 is 0 Å². The van der Waals surface area contributed by atoms with Crippen LogP contribution in [0.4, 0.5) is 5.69 Å². The van der Waals surface area contributed by atoms with Crippen LogP contribution < -0.4 is 11.3 Å². The maximum absolute atomic E-state index is 10.8. The molecule has 4 nitrogen and oxygen atoms in total. The first-order valence-electron chi connectivity index (χ1n) is 4.15. The number of nitrogen functional groups attached to an aromatic ring is 1. The molecule has 0 aliphatic heterocycles. The summed E-state index contributed by atoms with van der Waals surface area (Å²) in [6.45, 7) is 0.